The first-order chi connectivity index (χ1) is 7.54. The van der Waals surface area contributed by atoms with Crippen molar-refractivity contribution in [2.24, 2.45) is 0 Å². The van der Waals surface area contributed by atoms with Gasteiger partial charge < -0.3 is 8.43 Å². The Labute approximate surface area is 108 Å². The van der Waals surface area contributed by atoms with Crippen molar-refractivity contribution in [3.05, 3.63) is 25.3 Å². The van der Waals surface area contributed by atoms with Gasteiger partial charge in [0.15, 0.2) is 0 Å². The first-order valence-electron chi connectivity index (χ1n) is 5.74. The lowest BCUT2D eigenvalue weighted by Crippen LogP contribution is -2.33. The SMILES string of the molecule is C=CC[Si](C)(C)OP(C)(=O)O[Si](C)(C)CC=C. The Morgan fingerprint density at radius 2 is 1.29 bits per heavy atom. The maximum Gasteiger partial charge on any atom is 0.308 e. The van der Waals surface area contributed by atoms with Crippen LogP contribution >= 0.6 is 7.60 Å². The minimum atomic E-state index is -2.97. The molecule has 0 aromatic heterocycles. The minimum absolute atomic E-state index is 0.775. The molecule has 0 saturated carbocycles. The van der Waals surface area contributed by atoms with Crippen LogP contribution in [0, 0.1) is 0 Å². The third-order valence-electron chi connectivity index (χ3n) is 2.10. The molecule has 0 atom stereocenters. The minimum Gasteiger partial charge on any atom is -0.351 e. The molecular weight excluding hydrogens is 267 g/mol. The lowest BCUT2D eigenvalue weighted by atomic mass is 10.8. The van der Waals surface area contributed by atoms with Gasteiger partial charge in [0.05, 0.1) is 0 Å². The van der Waals surface area contributed by atoms with E-state index in [0.29, 0.717) is 0 Å². The van der Waals surface area contributed by atoms with Crippen LogP contribution in [-0.4, -0.2) is 23.3 Å². The average molecular weight is 292 g/mol. The molecule has 0 aliphatic carbocycles. The highest BCUT2D eigenvalue weighted by atomic mass is 31.2. The van der Waals surface area contributed by atoms with E-state index < -0.39 is 24.2 Å². The van der Waals surface area contributed by atoms with E-state index in [1.807, 2.05) is 38.3 Å². The summed E-state index contributed by atoms with van der Waals surface area (Å²) >= 11 is 0. The molecule has 6 heteroatoms. The van der Waals surface area contributed by atoms with E-state index >= 15 is 0 Å². The Kier molecular flexibility index (Phi) is 6.32. The highest BCUT2D eigenvalue weighted by Crippen LogP contribution is 2.50. The molecule has 0 saturated heterocycles. The molecule has 0 aromatic rings. The Morgan fingerprint density at radius 1 is 1.00 bits per heavy atom. The first-order valence-corrected chi connectivity index (χ1v) is 14.0. The summed E-state index contributed by atoms with van der Waals surface area (Å²) in [5.74, 6) is 0. The average Bonchev–Trinajstić information content (AvgIpc) is 1.96. The van der Waals surface area contributed by atoms with E-state index in [1.165, 1.54) is 0 Å². The Bertz CT molecular complexity index is 299. The predicted octanol–water partition coefficient (Wildman–Crippen LogP) is 4.62. The molecule has 0 fully saturated rings. The molecule has 0 aromatic carbocycles. The highest BCUT2D eigenvalue weighted by Gasteiger charge is 2.35. The molecule has 0 N–H and O–H groups in total. The summed E-state index contributed by atoms with van der Waals surface area (Å²) < 4.78 is 23.8. The van der Waals surface area contributed by atoms with Gasteiger partial charge in [0, 0.05) is 6.66 Å². The molecule has 0 unspecified atom stereocenters. The molecule has 0 spiro atoms. The third-order valence-corrected chi connectivity index (χ3v) is 11.2. The predicted molar refractivity (Wildman–Crippen MR) is 80.7 cm³/mol. The van der Waals surface area contributed by atoms with Crippen LogP contribution in [0.4, 0.5) is 0 Å². The van der Waals surface area contributed by atoms with E-state index in [-0.39, 0.29) is 0 Å². The highest BCUT2D eigenvalue weighted by molar-refractivity contribution is 7.56. The molecular formula is C11H25O3PSi2. The van der Waals surface area contributed by atoms with Crippen LogP contribution in [0.15, 0.2) is 25.3 Å². The van der Waals surface area contributed by atoms with Crippen molar-refractivity contribution in [3.8, 4) is 0 Å². The number of allylic oxidation sites excluding steroid dienone is 2. The van der Waals surface area contributed by atoms with Gasteiger partial charge >= 0.3 is 7.60 Å². The second-order valence-electron chi connectivity index (χ2n) is 5.46. The number of hydrogen-bond donors (Lipinski definition) is 0. The quantitative estimate of drug-likeness (QED) is 0.372. The molecule has 0 bridgehead atoms. The van der Waals surface area contributed by atoms with Gasteiger partial charge in [-0.2, -0.15) is 0 Å². The van der Waals surface area contributed by atoms with E-state index in [9.17, 15) is 4.57 Å². The smallest absolute Gasteiger partial charge is 0.308 e. The Balaban J connectivity index is 4.64. The summed E-state index contributed by atoms with van der Waals surface area (Å²) in [6, 6.07) is 1.55. The van der Waals surface area contributed by atoms with Crippen LogP contribution in [0.25, 0.3) is 0 Å². The molecule has 0 heterocycles. The standard InChI is InChI=1S/C11H25O3PSi2/c1-8-10-16(4,5)13-15(3,12)14-17(6,7)11-9-2/h8-9H,1-2,10-11H2,3-7H3. The summed E-state index contributed by atoms with van der Waals surface area (Å²) in [5.41, 5.74) is 0. The van der Waals surface area contributed by atoms with Gasteiger partial charge in [-0.05, 0) is 38.3 Å². The van der Waals surface area contributed by atoms with Crippen LogP contribution in [0.2, 0.25) is 38.3 Å². The molecule has 100 valence electrons. The zero-order chi connectivity index (χ0) is 13.7. The lowest BCUT2D eigenvalue weighted by Gasteiger charge is -2.31. The van der Waals surface area contributed by atoms with E-state index in [2.05, 4.69) is 13.2 Å². The van der Waals surface area contributed by atoms with Crippen LogP contribution < -0.4 is 0 Å². The topological polar surface area (TPSA) is 35.5 Å². The summed E-state index contributed by atoms with van der Waals surface area (Å²) in [6.45, 7) is 17.1. The molecule has 0 aliphatic rings. The van der Waals surface area contributed by atoms with Crippen LogP contribution in [0.3, 0.4) is 0 Å². The Morgan fingerprint density at radius 3 is 1.53 bits per heavy atom. The van der Waals surface area contributed by atoms with Gasteiger partial charge in [-0.1, -0.05) is 12.2 Å². The van der Waals surface area contributed by atoms with Crippen molar-refractivity contribution in [2.75, 3.05) is 6.66 Å². The maximum atomic E-state index is 12.4. The Hall–Kier alpha value is 0.0638. The van der Waals surface area contributed by atoms with Crippen molar-refractivity contribution in [3.63, 3.8) is 0 Å². The van der Waals surface area contributed by atoms with Gasteiger partial charge in [0.1, 0.15) is 0 Å². The van der Waals surface area contributed by atoms with Crippen molar-refractivity contribution < 1.29 is 13.0 Å². The molecule has 0 radical (unpaired) electrons. The molecule has 3 nitrogen and oxygen atoms in total. The van der Waals surface area contributed by atoms with Gasteiger partial charge in [-0.15, -0.1) is 13.2 Å². The second-order valence-corrected chi connectivity index (χ2v) is 16.3. The fourth-order valence-corrected chi connectivity index (χ4v) is 11.3. The summed E-state index contributed by atoms with van der Waals surface area (Å²) in [5, 5.41) is 0. The van der Waals surface area contributed by atoms with E-state index in [0.717, 1.165) is 12.1 Å². The first kappa shape index (κ1) is 17.1. The number of hydrogen-bond acceptors (Lipinski definition) is 3. The van der Waals surface area contributed by atoms with Crippen molar-refractivity contribution in [1.82, 2.24) is 0 Å². The molecule has 0 amide bonds. The van der Waals surface area contributed by atoms with Crippen LogP contribution in [0.5, 0.6) is 0 Å². The van der Waals surface area contributed by atoms with Gasteiger partial charge in [-0.3, -0.25) is 4.57 Å². The monoisotopic (exact) mass is 292 g/mol. The third kappa shape index (κ3) is 7.89. The largest absolute Gasteiger partial charge is 0.351 e. The number of rotatable bonds is 8. The molecule has 0 rings (SSSR count). The van der Waals surface area contributed by atoms with Crippen molar-refractivity contribution >= 4 is 24.2 Å². The van der Waals surface area contributed by atoms with Crippen molar-refractivity contribution in [2.45, 2.75) is 38.3 Å². The zero-order valence-corrected chi connectivity index (χ0v) is 14.5. The molecule has 17 heavy (non-hydrogen) atoms. The van der Waals surface area contributed by atoms with Crippen molar-refractivity contribution in [1.29, 1.82) is 0 Å². The van der Waals surface area contributed by atoms with Crippen LogP contribution in [-0.2, 0) is 13.0 Å². The normalized spacial score (nSPS) is 13.5. The zero-order valence-electron chi connectivity index (χ0n) is 11.7. The lowest BCUT2D eigenvalue weighted by molar-refractivity contribution is 0.388. The summed E-state index contributed by atoms with van der Waals surface area (Å²) in [6.07, 6.45) is 3.64. The fraction of sp³-hybridized carbons (Fsp3) is 0.636. The summed E-state index contributed by atoms with van der Waals surface area (Å²) in [7, 11) is -6.91. The van der Waals surface area contributed by atoms with Gasteiger partial charge in [-0.25, -0.2) is 0 Å². The van der Waals surface area contributed by atoms with E-state index in [1.54, 1.807) is 6.66 Å². The van der Waals surface area contributed by atoms with Gasteiger partial charge in [0.2, 0.25) is 16.6 Å². The van der Waals surface area contributed by atoms with E-state index in [4.69, 9.17) is 8.43 Å². The fourth-order valence-electron chi connectivity index (χ4n) is 1.69. The van der Waals surface area contributed by atoms with Gasteiger partial charge in [0.25, 0.3) is 0 Å². The second kappa shape index (κ2) is 6.29. The summed E-state index contributed by atoms with van der Waals surface area (Å²) in [4.78, 5) is 0. The maximum absolute atomic E-state index is 12.4. The van der Waals surface area contributed by atoms with Crippen LogP contribution in [0.1, 0.15) is 0 Å². The molecule has 0 aliphatic heterocycles.